The third kappa shape index (κ3) is 4.77. The summed E-state index contributed by atoms with van der Waals surface area (Å²) in [4.78, 5) is 4.27. The number of nitrogens with zero attached hydrogens (tertiary/aromatic N) is 1. The predicted molar refractivity (Wildman–Crippen MR) is 99.0 cm³/mol. The minimum atomic E-state index is -0.107. The summed E-state index contributed by atoms with van der Waals surface area (Å²) in [5.41, 5.74) is 0.954. The molecule has 1 aromatic carbocycles. The Balaban J connectivity index is 1.94. The molecule has 24 heavy (non-hydrogen) atoms. The molecule has 0 aliphatic carbocycles. The number of halogens is 1. The van der Waals surface area contributed by atoms with Crippen molar-refractivity contribution in [2.24, 2.45) is 4.99 Å². The molecule has 0 radical (unpaired) electrons. The van der Waals surface area contributed by atoms with E-state index < -0.39 is 0 Å². The fourth-order valence-electron chi connectivity index (χ4n) is 2.73. The van der Waals surface area contributed by atoms with Gasteiger partial charge >= 0.3 is 0 Å². The maximum Gasteiger partial charge on any atom is 0.191 e. The Morgan fingerprint density at radius 3 is 2.71 bits per heavy atom. The van der Waals surface area contributed by atoms with Gasteiger partial charge in [0.05, 0.1) is 24.3 Å². The summed E-state index contributed by atoms with van der Waals surface area (Å²) in [6.45, 7) is 4.33. The van der Waals surface area contributed by atoms with Crippen LogP contribution in [0.25, 0.3) is 0 Å². The number of guanidine groups is 1. The van der Waals surface area contributed by atoms with Crippen LogP contribution < -0.4 is 20.1 Å². The van der Waals surface area contributed by atoms with Crippen LogP contribution in [0.2, 0.25) is 0 Å². The van der Waals surface area contributed by atoms with Crippen LogP contribution in [0.15, 0.2) is 21.6 Å². The summed E-state index contributed by atoms with van der Waals surface area (Å²) < 4.78 is 17.4. The number of hydrogen-bond acceptors (Lipinski definition) is 4. The molecule has 1 atom stereocenters. The summed E-state index contributed by atoms with van der Waals surface area (Å²) in [6.07, 6.45) is 2.18. The Labute approximate surface area is 152 Å². The molecule has 6 nitrogen and oxygen atoms in total. The summed E-state index contributed by atoms with van der Waals surface area (Å²) in [7, 11) is 5.01. The van der Waals surface area contributed by atoms with Gasteiger partial charge in [0.15, 0.2) is 17.5 Å². The zero-order valence-electron chi connectivity index (χ0n) is 14.7. The first-order chi connectivity index (χ1) is 11.5. The molecule has 7 heteroatoms. The summed E-state index contributed by atoms with van der Waals surface area (Å²) in [6, 6.07) is 3.95. The lowest BCUT2D eigenvalue weighted by Gasteiger charge is -2.24. The third-order valence-electron chi connectivity index (χ3n) is 4.11. The normalized spacial score (nSPS) is 20.8. The van der Waals surface area contributed by atoms with Gasteiger partial charge in [0.1, 0.15) is 0 Å². The molecule has 0 amide bonds. The lowest BCUT2D eigenvalue weighted by molar-refractivity contribution is 0.0243. The quantitative estimate of drug-likeness (QED) is 0.568. The zero-order valence-corrected chi connectivity index (χ0v) is 16.3. The van der Waals surface area contributed by atoms with Crippen LogP contribution in [0.4, 0.5) is 0 Å². The van der Waals surface area contributed by atoms with Crippen LogP contribution in [0.5, 0.6) is 11.5 Å². The standard InChI is InChI=1S/C17H26BrN3O3/c1-17(6-5-7-24-17)11-21-16(19-2)20-10-12-8-13(18)15(23-4)14(9-12)22-3/h8-9H,5-7,10-11H2,1-4H3,(H2,19,20,21). The maximum atomic E-state index is 5.79. The van der Waals surface area contributed by atoms with E-state index >= 15 is 0 Å². The average Bonchev–Trinajstić information content (AvgIpc) is 3.01. The van der Waals surface area contributed by atoms with Gasteiger partial charge in [0.25, 0.3) is 0 Å². The molecule has 1 saturated heterocycles. The Hall–Kier alpha value is -1.47. The molecule has 1 aromatic rings. The molecule has 1 aliphatic heterocycles. The largest absolute Gasteiger partial charge is 0.493 e. The number of ether oxygens (including phenoxy) is 3. The molecule has 1 aliphatic rings. The molecular formula is C17H26BrN3O3. The van der Waals surface area contributed by atoms with Crippen molar-refractivity contribution in [1.29, 1.82) is 0 Å². The van der Waals surface area contributed by atoms with Gasteiger partial charge in [-0.3, -0.25) is 4.99 Å². The van der Waals surface area contributed by atoms with Crippen LogP contribution in [-0.4, -0.2) is 46.0 Å². The molecule has 0 aromatic heterocycles. The smallest absolute Gasteiger partial charge is 0.191 e. The van der Waals surface area contributed by atoms with Crippen molar-refractivity contribution in [3.05, 3.63) is 22.2 Å². The van der Waals surface area contributed by atoms with Crippen molar-refractivity contribution in [2.75, 3.05) is 34.4 Å². The van der Waals surface area contributed by atoms with E-state index in [2.05, 4.69) is 38.5 Å². The Morgan fingerprint density at radius 1 is 1.33 bits per heavy atom. The van der Waals surface area contributed by atoms with E-state index in [-0.39, 0.29) is 5.60 Å². The van der Waals surface area contributed by atoms with Crippen LogP contribution in [0, 0.1) is 0 Å². The van der Waals surface area contributed by atoms with E-state index in [1.54, 1.807) is 21.3 Å². The summed E-state index contributed by atoms with van der Waals surface area (Å²) in [5, 5.41) is 6.64. The minimum absolute atomic E-state index is 0.107. The Bertz CT molecular complexity index is 587. The molecule has 0 spiro atoms. The van der Waals surface area contributed by atoms with E-state index in [9.17, 15) is 0 Å². The zero-order chi connectivity index (χ0) is 17.6. The molecule has 2 N–H and O–H groups in total. The first kappa shape index (κ1) is 18.9. The molecule has 1 heterocycles. The number of hydrogen-bond donors (Lipinski definition) is 2. The van der Waals surface area contributed by atoms with Crippen LogP contribution in [-0.2, 0) is 11.3 Å². The van der Waals surface area contributed by atoms with Crippen molar-refractivity contribution in [2.45, 2.75) is 31.9 Å². The van der Waals surface area contributed by atoms with Crippen molar-refractivity contribution >= 4 is 21.9 Å². The highest BCUT2D eigenvalue weighted by atomic mass is 79.9. The highest BCUT2D eigenvalue weighted by Gasteiger charge is 2.29. The summed E-state index contributed by atoms with van der Waals surface area (Å²) in [5.74, 6) is 2.13. The average molecular weight is 400 g/mol. The van der Waals surface area contributed by atoms with E-state index in [0.717, 1.165) is 42.0 Å². The van der Waals surface area contributed by atoms with E-state index in [0.29, 0.717) is 18.0 Å². The molecule has 2 rings (SSSR count). The van der Waals surface area contributed by atoms with Crippen molar-refractivity contribution in [3.63, 3.8) is 0 Å². The number of nitrogens with one attached hydrogen (secondary N) is 2. The second-order valence-electron chi connectivity index (χ2n) is 5.99. The number of rotatable bonds is 6. The molecule has 0 saturated carbocycles. The predicted octanol–water partition coefficient (Wildman–Crippen LogP) is 2.70. The molecule has 0 bridgehead atoms. The highest BCUT2D eigenvalue weighted by Crippen LogP contribution is 2.36. The van der Waals surface area contributed by atoms with Crippen LogP contribution in [0.3, 0.4) is 0 Å². The summed E-state index contributed by atoms with van der Waals surface area (Å²) >= 11 is 3.51. The fourth-order valence-corrected chi connectivity index (χ4v) is 3.38. The van der Waals surface area contributed by atoms with Gasteiger partial charge in [0.2, 0.25) is 0 Å². The SMILES string of the molecule is CN=C(NCc1cc(Br)c(OC)c(OC)c1)NCC1(C)CCCO1. The topological polar surface area (TPSA) is 64.1 Å². The Morgan fingerprint density at radius 2 is 2.12 bits per heavy atom. The molecule has 1 fully saturated rings. The third-order valence-corrected chi connectivity index (χ3v) is 4.70. The highest BCUT2D eigenvalue weighted by molar-refractivity contribution is 9.10. The minimum Gasteiger partial charge on any atom is -0.493 e. The fraction of sp³-hybridized carbons (Fsp3) is 0.588. The first-order valence-corrected chi connectivity index (χ1v) is 8.79. The van der Waals surface area contributed by atoms with Crippen molar-refractivity contribution < 1.29 is 14.2 Å². The van der Waals surface area contributed by atoms with Gasteiger partial charge in [-0.25, -0.2) is 0 Å². The molecular weight excluding hydrogens is 374 g/mol. The van der Waals surface area contributed by atoms with Gasteiger partial charge in [-0.2, -0.15) is 0 Å². The number of aliphatic imine (C=N–C) groups is 1. The van der Waals surface area contributed by atoms with Crippen molar-refractivity contribution in [1.82, 2.24) is 10.6 Å². The van der Waals surface area contributed by atoms with Gasteiger partial charge in [-0.1, -0.05) is 0 Å². The lowest BCUT2D eigenvalue weighted by atomic mass is 10.0. The van der Waals surface area contributed by atoms with E-state index in [4.69, 9.17) is 14.2 Å². The lowest BCUT2D eigenvalue weighted by Crippen LogP contribution is -2.45. The van der Waals surface area contributed by atoms with Gasteiger partial charge in [-0.05, 0) is 53.4 Å². The van der Waals surface area contributed by atoms with Crippen molar-refractivity contribution in [3.8, 4) is 11.5 Å². The monoisotopic (exact) mass is 399 g/mol. The number of benzene rings is 1. The second-order valence-corrected chi connectivity index (χ2v) is 6.85. The van der Waals surface area contributed by atoms with Crippen LogP contribution >= 0.6 is 15.9 Å². The van der Waals surface area contributed by atoms with Gasteiger partial charge in [-0.15, -0.1) is 0 Å². The number of methoxy groups -OCH3 is 2. The van der Waals surface area contributed by atoms with E-state index in [1.165, 1.54) is 0 Å². The Kier molecular flexibility index (Phi) is 6.74. The molecule has 134 valence electrons. The maximum absolute atomic E-state index is 5.79. The van der Waals surface area contributed by atoms with Crippen LogP contribution in [0.1, 0.15) is 25.3 Å². The first-order valence-electron chi connectivity index (χ1n) is 8.00. The van der Waals surface area contributed by atoms with E-state index in [1.807, 2.05) is 12.1 Å². The second kappa shape index (κ2) is 8.58. The van der Waals surface area contributed by atoms with Gasteiger partial charge in [0, 0.05) is 26.7 Å². The van der Waals surface area contributed by atoms with Gasteiger partial charge < -0.3 is 24.8 Å². The molecule has 1 unspecified atom stereocenters.